The largest absolute Gasteiger partial charge is 0.497 e. The minimum atomic E-state index is 0.928. The van der Waals surface area contributed by atoms with Crippen LogP contribution in [0.25, 0.3) is 10.9 Å². The number of rotatable bonds is 7. The lowest BCUT2D eigenvalue weighted by Gasteiger charge is -2.20. The summed E-state index contributed by atoms with van der Waals surface area (Å²) < 4.78 is 5.43. The Hall–Kier alpha value is -2.26. The number of nitrogens with zero attached hydrogens (tertiary/aromatic N) is 1. The van der Waals surface area contributed by atoms with Gasteiger partial charge in [0.25, 0.3) is 0 Å². The average molecular weight is 322 g/mol. The fourth-order valence-corrected chi connectivity index (χ4v) is 3.23. The molecule has 0 aliphatic carbocycles. The molecule has 1 N–H and O–H groups in total. The van der Waals surface area contributed by atoms with Crippen molar-refractivity contribution in [1.82, 2.24) is 9.88 Å². The lowest BCUT2D eigenvalue weighted by atomic mass is 10.1. The van der Waals surface area contributed by atoms with Gasteiger partial charge in [-0.05, 0) is 48.7 Å². The van der Waals surface area contributed by atoms with Gasteiger partial charge < -0.3 is 9.72 Å². The van der Waals surface area contributed by atoms with Gasteiger partial charge in [0, 0.05) is 30.2 Å². The lowest BCUT2D eigenvalue weighted by molar-refractivity contribution is 0.284. The van der Waals surface area contributed by atoms with Gasteiger partial charge in [0.05, 0.1) is 7.11 Å². The molecule has 3 heteroatoms. The van der Waals surface area contributed by atoms with Gasteiger partial charge in [0.2, 0.25) is 0 Å². The second kappa shape index (κ2) is 7.54. The first-order valence-corrected chi connectivity index (χ1v) is 8.62. The summed E-state index contributed by atoms with van der Waals surface area (Å²) in [5, 5.41) is 1.28. The summed E-state index contributed by atoms with van der Waals surface area (Å²) >= 11 is 0. The third kappa shape index (κ3) is 3.62. The van der Waals surface area contributed by atoms with E-state index < -0.39 is 0 Å². The van der Waals surface area contributed by atoms with E-state index in [4.69, 9.17) is 4.74 Å². The molecule has 3 nitrogen and oxygen atoms in total. The molecule has 1 aromatic heterocycles. The topological polar surface area (TPSA) is 28.3 Å². The average Bonchev–Trinajstić information content (AvgIpc) is 3.03. The molecule has 0 unspecified atom stereocenters. The first-order chi connectivity index (χ1) is 11.7. The first-order valence-electron chi connectivity index (χ1n) is 8.62. The molecule has 0 spiro atoms. The van der Waals surface area contributed by atoms with Crippen molar-refractivity contribution in [2.24, 2.45) is 0 Å². The van der Waals surface area contributed by atoms with E-state index in [2.05, 4.69) is 72.4 Å². The molecule has 0 saturated heterocycles. The van der Waals surface area contributed by atoms with Crippen LogP contribution in [0.2, 0.25) is 0 Å². The molecule has 126 valence electrons. The number of aromatic nitrogens is 1. The van der Waals surface area contributed by atoms with Crippen LogP contribution in [-0.2, 0) is 13.0 Å². The van der Waals surface area contributed by atoms with Crippen LogP contribution in [0.4, 0.5) is 0 Å². The highest BCUT2D eigenvalue weighted by Gasteiger charge is 2.10. The van der Waals surface area contributed by atoms with Crippen molar-refractivity contribution in [1.29, 1.82) is 0 Å². The maximum Gasteiger partial charge on any atom is 0.119 e. The molecule has 2 aromatic carbocycles. The fraction of sp³-hybridized carbons (Fsp3) is 0.333. The Bertz CT molecular complexity index is 792. The van der Waals surface area contributed by atoms with Crippen molar-refractivity contribution in [3.05, 3.63) is 65.4 Å². The van der Waals surface area contributed by atoms with Gasteiger partial charge in [-0.3, -0.25) is 4.90 Å². The van der Waals surface area contributed by atoms with Gasteiger partial charge >= 0.3 is 0 Å². The zero-order chi connectivity index (χ0) is 16.9. The van der Waals surface area contributed by atoms with Crippen LogP contribution in [0.1, 0.15) is 23.6 Å². The van der Waals surface area contributed by atoms with Crippen LogP contribution in [0.3, 0.4) is 0 Å². The van der Waals surface area contributed by atoms with Crippen LogP contribution < -0.4 is 4.74 Å². The van der Waals surface area contributed by atoms with E-state index in [0.717, 1.165) is 31.8 Å². The lowest BCUT2D eigenvalue weighted by Crippen LogP contribution is -2.25. The van der Waals surface area contributed by atoms with Gasteiger partial charge in [-0.15, -0.1) is 0 Å². The van der Waals surface area contributed by atoms with E-state index in [1.807, 2.05) is 0 Å². The molecule has 0 atom stereocenters. The minimum absolute atomic E-state index is 0.928. The predicted molar refractivity (Wildman–Crippen MR) is 101 cm³/mol. The summed E-state index contributed by atoms with van der Waals surface area (Å²) in [7, 11) is 1.73. The molecule has 24 heavy (non-hydrogen) atoms. The number of methoxy groups -OCH3 is 1. The fourth-order valence-electron chi connectivity index (χ4n) is 3.23. The number of likely N-dealkylation sites (N-methyl/N-ethyl adjacent to an activating group) is 1. The number of fused-ring (bicyclic) bond motifs is 1. The van der Waals surface area contributed by atoms with E-state index in [9.17, 15) is 0 Å². The summed E-state index contributed by atoms with van der Waals surface area (Å²) in [5.41, 5.74) is 5.18. The van der Waals surface area contributed by atoms with Gasteiger partial charge in [-0.2, -0.15) is 0 Å². The summed E-state index contributed by atoms with van der Waals surface area (Å²) in [6.45, 7) is 7.46. The number of hydrogen-bond acceptors (Lipinski definition) is 2. The monoisotopic (exact) mass is 322 g/mol. The summed E-state index contributed by atoms with van der Waals surface area (Å²) in [5.74, 6) is 0.928. The van der Waals surface area contributed by atoms with Crippen molar-refractivity contribution in [3.63, 3.8) is 0 Å². The minimum Gasteiger partial charge on any atom is -0.497 e. The van der Waals surface area contributed by atoms with E-state index in [1.165, 1.54) is 27.6 Å². The predicted octanol–water partition coefficient (Wildman–Crippen LogP) is 4.55. The molecular weight excluding hydrogens is 296 g/mol. The van der Waals surface area contributed by atoms with Crippen LogP contribution in [0.5, 0.6) is 5.75 Å². The smallest absolute Gasteiger partial charge is 0.119 e. The highest BCUT2D eigenvalue weighted by molar-refractivity contribution is 5.87. The standard InChI is InChI=1S/C21H26N2O/c1-4-23(15-17-8-6-5-7-9-17)11-10-18-14-22-21-16(2)12-19(24-3)13-20(18)21/h5-9,12-14,22H,4,10-11,15H2,1-3H3. The molecule has 0 aliphatic rings. The Morgan fingerprint density at radius 3 is 2.62 bits per heavy atom. The number of nitrogens with one attached hydrogen (secondary N) is 1. The highest BCUT2D eigenvalue weighted by Crippen LogP contribution is 2.27. The number of aryl methyl sites for hydroxylation is 1. The molecule has 0 radical (unpaired) electrons. The molecule has 3 rings (SSSR count). The summed E-state index contributed by atoms with van der Waals surface area (Å²) in [6, 6.07) is 14.9. The molecule has 0 aliphatic heterocycles. The van der Waals surface area contributed by atoms with Gasteiger partial charge in [0.15, 0.2) is 0 Å². The third-order valence-electron chi connectivity index (χ3n) is 4.68. The molecule has 0 bridgehead atoms. The number of aromatic amines is 1. The van der Waals surface area contributed by atoms with Crippen LogP contribution in [0.15, 0.2) is 48.7 Å². The molecule has 3 aromatic rings. The molecule has 0 fully saturated rings. The Morgan fingerprint density at radius 1 is 1.12 bits per heavy atom. The Labute approximate surface area is 144 Å². The third-order valence-corrected chi connectivity index (χ3v) is 4.68. The number of H-pyrrole nitrogens is 1. The zero-order valence-corrected chi connectivity index (χ0v) is 14.8. The normalized spacial score (nSPS) is 11.3. The van der Waals surface area contributed by atoms with Crippen molar-refractivity contribution in [3.8, 4) is 5.75 Å². The Balaban J connectivity index is 1.73. The molecule has 1 heterocycles. The van der Waals surface area contributed by atoms with E-state index >= 15 is 0 Å². The quantitative estimate of drug-likeness (QED) is 0.691. The van der Waals surface area contributed by atoms with Crippen molar-refractivity contribution in [2.75, 3.05) is 20.2 Å². The molecular formula is C21H26N2O. The SMILES string of the molecule is CCN(CCc1c[nH]c2c(C)cc(OC)cc12)Cc1ccccc1. The van der Waals surface area contributed by atoms with Crippen molar-refractivity contribution in [2.45, 2.75) is 26.8 Å². The van der Waals surface area contributed by atoms with Gasteiger partial charge in [0.1, 0.15) is 5.75 Å². The number of ether oxygens (including phenoxy) is 1. The van der Waals surface area contributed by atoms with E-state index in [1.54, 1.807) is 7.11 Å². The van der Waals surface area contributed by atoms with Crippen molar-refractivity contribution < 1.29 is 4.74 Å². The highest BCUT2D eigenvalue weighted by atomic mass is 16.5. The van der Waals surface area contributed by atoms with Crippen LogP contribution in [0, 0.1) is 6.92 Å². The molecule has 0 amide bonds. The Morgan fingerprint density at radius 2 is 1.92 bits per heavy atom. The number of benzene rings is 2. The van der Waals surface area contributed by atoms with Crippen LogP contribution >= 0.6 is 0 Å². The zero-order valence-electron chi connectivity index (χ0n) is 14.8. The van der Waals surface area contributed by atoms with Gasteiger partial charge in [-0.25, -0.2) is 0 Å². The maximum absolute atomic E-state index is 5.43. The maximum atomic E-state index is 5.43. The van der Waals surface area contributed by atoms with Crippen molar-refractivity contribution >= 4 is 10.9 Å². The second-order valence-corrected chi connectivity index (χ2v) is 6.29. The summed E-state index contributed by atoms with van der Waals surface area (Å²) in [6.07, 6.45) is 3.18. The number of hydrogen-bond donors (Lipinski definition) is 1. The summed E-state index contributed by atoms with van der Waals surface area (Å²) in [4.78, 5) is 5.91. The Kier molecular flexibility index (Phi) is 5.21. The first kappa shape index (κ1) is 16.6. The van der Waals surface area contributed by atoms with Gasteiger partial charge in [-0.1, -0.05) is 37.3 Å². The van der Waals surface area contributed by atoms with E-state index in [0.29, 0.717) is 0 Å². The molecule has 0 saturated carbocycles. The van der Waals surface area contributed by atoms with Crippen LogP contribution in [-0.4, -0.2) is 30.1 Å². The second-order valence-electron chi connectivity index (χ2n) is 6.29. The van der Waals surface area contributed by atoms with E-state index in [-0.39, 0.29) is 0 Å².